The molecule has 5 heteroatoms. The molecule has 2 amide bonds. The molecule has 2 aromatic carbocycles. The Morgan fingerprint density at radius 2 is 1.95 bits per heavy atom. The first kappa shape index (κ1) is 14.9. The van der Waals surface area contributed by atoms with Gasteiger partial charge in [-0.15, -0.1) is 0 Å². The van der Waals surface area contributed by atoms with Crippen molar-refractivity contribution in [3.8, 4) is 0 Å². The first-order valence-corrected chi connectivity index (χ1v) is 7.28. The van der Waals surface area contributed by atoms with Gasteiger partial charge in [-0.05, 0) is 36.2 Å². The minimum absolute atomic E-state index is 0.258. The van der Waals surface area contributed by atoms with E-state index in [1.165, 1.54) is 0 Å². The lowest BCUT2D eigenvalue weighted by Gasteiger charge is -2.11. The quantitative estimate of drug-likeness (QED) is 0.822. The Morgan fingerprint density at radius 1 is 1.20 bits per heavy atom. The van der Waals surface area contributed by atoms with Crippen LogP contribution in [-0.4, -0.2) is 6.03 Å². The number of urea groups is 1. The molecule has 104 valence electrons. The van der Waals surface area contributed by atoms with Crippen LogP contribution in [0, 0.1) is 6.92 Å². The predicted molar refractivity (Wildman–Crippen MR) is 86.2 cm³/mol. The molecule has 0 saturated heterocycles. The lowest BCUT2D eigenvalue weighted by molar-refractivity contribution is 0.251. The van der Waals surface area contributed by atoms with Crippen molar-refractivity contribution in [1.82, 2.24) is 5.32 Å². The fourth-order valence-corrected chi connectivity index (χ4v) is 2.33. The number of carbonyl (C=O) groups is 1. The van der Waals surface area contributed by atoms with Crippen molar-refractivity contribution in [2.75, 3.05) is 5.32 Å². The molecule has 0 radical (unpaired) electrons. The van der Waals surface area contributed by atoms with E-state index in [-0.39, 0.29) is 6.03 Å². The zero-order chi connectivity index (χ0) is 14.5. The van der Waals surface area contributed by atoms with Crippen LogP contribution >= 0.6 is 27.5 Å². The van der Waals surface area contributed by atoms with Gasteiger partial charge in [0.1, 0.15) is 0 Å². The normalized spacial score (nSPS) is 10.2. The monoisotopic (exact) mass is 352 g/mol. The minimum atomic E-state index is -0.258. The van der Waals surface area contributed by atoms with E-state index in [1.807, 2.05) is 37.3 Å². The van der Waals surface area contributed by atoms with Gasteiger partial charge < -0.3 is 10.6 Å². The number of nitrogens with one attached hydrogen (secondary N) is 2. The Kier molecular flexibility index (Phi) is 5.04. The lowest BCUT2D eigenvalue weighted by Crippen LogP contribution is -2.28. The highest BCUT2D eigenvalue weighted by atomic mass is 79.9. The predicted octanol–water partition coefficient (Wildman–Crippen LogP) is 4.73. The number of rotatable bonds is 3. The van der Waals surface area contributed by atoms with Gasteiger partial charge in [-0.25, -0.2) is 4.79 Å². The van der Waals surface area contributed by atoms with Crippen LogP contribution in [0.15, 0.2) is 46.9 Å². The first-order valence-electron chi connectivity index (χ1n) is 6.11. The molecule has 0 aliphatic carbocycles. The molecule has 0 aromatic heterocycles. The molecule has 0 heterocycles. The number of halogens is 2. The van der Waals surface area contributed by atoms with Gasteiger partial charge in [0.2, 0.25) is 0 Å². The molecule has 0 atom stereocenters. The molecule has 0 spiro atoms. The fraction of sp³-hybridized carbons (Fsp3) is 0.133. The Balaban J connectivity index is 1.96. The van der Waals surface area contributed by atoms with Gasteiger partial charge in [-0.2, -0.15) is 0 Å². The van der Waals surface area contributed by atoms with Gasteiger partial charge in [0, 0.05) is 21.7 Å². The van der Waals surface area contributed by atoms with E-state index < -0.39 is 0 Å². The van der Waals surface area contributed by atoms with Crippen LogP contribution in [0.3, 0.4) is 0 Å². The van der Waals surface area contributed by atoms with Gasteiger partial charge in [-0.3, -0.25) is 0 Å². The number of hydrogen-bond donors (Lipinski definition) is 2. The average molecular weight is 354 g/mol. The number of carbonyl (C=O) groups excluding carboxylic acids is 1. The van der Waals surface area contributed by atoms with Gasteiger partial charge in [0.05, 0.1) is 0 Å². The largest absolute Gasteiger partial charge is 0.334 e. The summed E-state index contributed by atoms with van der Waals surface area (Å²) < 4.78 is 0.972. The Labute approximate surface area is 131 Å². The lowest BCUT2D eigenvalue weighted by atomic mass is 10.2. The number of benzene rings is 2. The third-order valence-corrected chi connectivity index (χ3v) is 4.10. The molecular weight excluding hydrogens is 340 g/mol. The highest BCUT2D eigenvalue weighted by molar-refractivity contribution is 9.10. The van der Waals surface area contributed by atoms with Crippen molar-refractivity contribution in [2.24, 2.45) is 0 Å². The second-order valence-corrected chi connectivity index (χ2v) is 5.57. The molecule has 0 bridgehead atoms. The van der Waals surface area contributed by atoms with Crippen LogP contribution in [0.5, 0.6) is 0 Å². The van der Waals surface area contributed by atoms with E-state index in [4.69, 9.17) is 11.6 Å². The summed E-state index contributed by atoms with van der Waals surface area (Å²) in [7, 11) is 0. The molecule has 0 unspecified atom stereocenters. The first-order chi connectivity index (χ1) is 9.58. The molecule has 2 aromatic rings. The highest BCUT2D eigenvalue weighted by Gasteiger charge is 2.07. The maximum absolute atomic E-state index is 11.9. The summed E-state index contributed by atoms with van der Waals surface area (Å²) in [5.41, 5.74) is 2.58. The summed E-state index contributed by atoms with van der Waals surface area (Å²) in [5, 5.41) is 6.24. The van der Waals surface area contributed by atoms with Gasteiger partial charge in [0.25, 0.3) is 0 Å². The molecular formula is C15H14BrClN2O. The molecule has 20 heavy (non-hydrogen) atoms. The molecule has 0 saturated carbocycles. The SMILES string of the molecule is Cc1c(Cl)cccc1NC(=O)NCc1ccccc1Br. The van der Waals surface area contributed by atoms with Gasteiger partial charge in [-0.1, -0.05) is 51.8 Å². The minimum Gasteiger partial charge on any atom is -0.334 e. The summed E-state index contributed by atoms with van der Waals surface area (Å²) in [4.78, 5) is 11.9. The standard InChI is InChI=1S/C15H14BrClN2O/c1-10-13(17)7-4-8-14(10)19-15(20)18-9-11-5-2-3-6-12(11)16/h2-8H,9H2,1H3,(H2,18,19,20). The molecule has 3 nitrogen and oxygen atoms in total. The highest BCUT2D eigenvalue weighted by Crippen LogP contribution is 2.22. The summed E-state index contributed by atoms with van der Waals surface area (Å²) in [6, 6.07) is 12.9. The van der Waals surface area contributed by atoms with E-state index in [0.29, 0.717) is 17.3 Å². The summed E-state index contributed by atoms with van der Waals surface area (Å²) in [6.07, 6.45) is 0. The average Bonchev–Trinajstić information content (AvgIpc) is 2.43. The Bertz CT molecular complexity index is 631. The van der Waals surface area contributed by atoms with E-state index in [9.17, 15) is 4.79 Å². The van der Waals surface area contributed by atoms with Gasteiger partial charge >= 0.3 is 6.03 Å². The third-order valence-electron chi connectivity index (χ3n) is 2.91. The van der Waals surface area contributed by atoms with Crippen molar-refractivity contribution in [3.05, 3.63) is 63.1 Å². The molecule has 2 N–H and O–H groups in total. The van der Waals surface area contributed by atoms with Crippen LogP contribution in [0.25, 0.3) is 0 Å². The second kappa shape index (κ2) is 6.77. The summed E-state index contributed by atoms with van der Waals surface area (Å²) in [5.74, 6) is 0. The summed E-state index contributed by atoms with van der Waals surface area (Å²) >= 11 is 9.46. The van der Waals surface area contributed by atoms with Gasteiger partial charge in [0.15, 0.2) is 0 Å². The van der Waals surface area contributed by atoms with E-state index >= 15 is 0 Å². The maximum Gasteiger partial charge on any atom is 0.319 e. The van der Waals surface area contributed by atoms with Crippen molar-refractivity contribution in [1.29, 1.82) is 0 Å². The molecule has 0 aliphatic rings. The zero-order valence-electron chi connectivity index (χ0n) is 10.9. The molecule has 2 rings (SSSR count). The van der Waals surface area contributed by atoms with Crippen molar-refractivity contribution < 1.29 is 4.79 Å². The number of anilines is 1. The van der Waals surface area contributed by atoms with Crippen LogP contribution < -0.4 is 10.6 Å². The Morgan fingerprint density at radius 3 is 2.70 bits per heavy atom. The van der Waals surface area contributed by atoms with Crippen LogP contribution in [0.1, 0.15) is 11.1 Å². The zero-order valence-corrected chi connectivity index (χ0v) is 13.3. The fourth-order valence-electron chi connectivity index (χ4n) is 1.73. The smallest absolute Gasteiger partial charge is 0.319 e. The molecule has 0 fully saturated rings. The summed E-state index contributed by atoms with van der Waals surface area (Å²) in [6.45, 7) is 2.32. The number of hydrogen-bond acceptors (Lipinski definition) is 1. The van der Waals surface area contributed by atoms with Crippen molar-refractivity contribution >= 4 is 39.2 Å². The van der Waals surface area contributed by atoms with Crippen molar-refractivity contribution in [3.63, 3.8) is 0 Å². The van der Waals surface area contributed by atoms with Crippen LogP contribution in [0.2, 0.25) is 5.02 Å². The van der Waals surface area contributed by atoms with Crippen LogP contribution in [-0.2, 0) is 6.54 Å². The third kappa shape index (κ3) is 3.74. The number of amides is 2. The topological polar surface area (TPSA) is 41.1 Å². The van der Waals surface area contributed by atoms with E-state index in [0.717, 1.165) is 15.6 Å². The molecule has 0 aliphatic heterocycles. The second-order valence-electron chi connectivity index (χ2n) is 4.31. The maximum atomic E-state index is 11.9. The van der Waals surface area contributed by atoms with E-state index in [1.54, 1.807) is 12.1 Å². The van der Waals surface area contributed by atoms with Crippen molar-refractivity contribution in [2.45, 2.75) is 13.5 Å². The Hall–Kier alpha value is -1.52. The van der Waals surface area contributed by atoms with E-state index in [2.05, 4.69) is 26.6 Å². The van der Waals surface area contributed by atoms with Crippen LogP contribution in [0.4, 0.5) is 10.5 Å².